The highest BCUT2D eigenvalue weighted by Crippen LogP contribution is 2.25. The Morgan fingerprint density at radius 1 is 0.947 bits per heavy atom. The van der Waals surface area contributed by atoms with E-state index in [1.54, 1.807) is 6.07 Å². The van der Waals surface area contributed by atoms with Crippen LogP contribution in [0.5, 0.6) is 0 Å². The van der Waals surface area contributed by atoms with Crippen LogP contribution in [-0.4, -0.2) is 0 Å². The van der Waals surface area contributed by atoms with Crippen LogP contribution in [0, 0.1) is 13.8 Å². The zero-order chi connectivity index (χ0) is 13.4. The molecule has 2 heteroatoms. The lowest BCUT2D eigenvalue weighted by atomic mass is 10.1. The molecule has 0 aliphatic rings. The van der Waals surface area contributed by atoms with Crippen molar-refractivity contribution in [3.05, 3.63) is 69.9 Å². The second-order valence-corrected chi connectivity index (χ2v) is 4.79. The van der Waals surface area contributed by atoms with Crippen LogP contribution >= 0.6 is 0 Å². The monoisotopic (exact) mass is 250 g/mol. The number of rotatable bonds is 1. The summed E-state index contributed by atoms with van der Waals surface area (Å²) < 4.78 is 5.89. The van der Waals surface area contributed by atoms with Crippen molar-refractivity contribution in [2.45, 2.75) is 13.8 Å². The Hall–Kier alpha value is -2.35. The second kappa shape index (κ2) is 4.39. The molecule has 1 heterocycles. The normalized spacial score (nSPS) is 10.8. The predicted octanol–water partition coefficient (Wildman–Crippen LogP) is 4.08. The van der Waals surface area contributed by atoms with E-state index in [0.29, 0.717) is 16.7 Å². The molecule has 0 amide bonds. The standard InChI is InChI=1S/C17H14O2/c1-11-7-8-14-15(18)10-17(19-16(14)9-11)13-6-4-3-5-12(13)2/h3-10H,1-2H3. The summed E-state index contributed by atoms with van der Waals surface area (Å²) in [6.07, 6.45) is 0. The Bertz CT molecular complexity index is 813. The van der Waals surface area contributed by atoms with Crippen molar-refractivity contribution >= 4 is 11.0 Å². The summed E-state index contributed by atoms with van der Waals surface area (Å²) in [6.45, 7) is 4.00. The molecule has 19 heavy (non-hydrogen) atoms. The molecule has 0 fully saturated rings. The predicted molar refractivity (Wildman–Crippen MR) is 77.4 cm³/mol. The molecule has 0 aliphatic carbocycles. The van der Waals surface area contributed by atoms with Crippen LogP contribution in [0.15, 0.2) is 57.7 Å². The maximum absolute atomic E-state index is 12.1. The molecule has 0 aliphatic heterocycles. The first kappa shape index (κ1) is 11.7. The van der Waals surface area contributed by atoms with Gasteiger partial charge < -0.3 is 4.42 Å². The fraction of sp³-hybridized carbons (Fsp3) is 0.118. The van der Waals surface area contributed by atoms with Crippen LogP contribution in [0.3, 0.4) is 0 Å². The average Bonchev–Trinajstić information content (AvgIpc) is 2.38. The van der Waals surface area contributed by atoms with E-state index in [9.17, 15) is 4.79 Å². The maximum Gasteiger partial charge on any atom is 0.193 e. The van der Waals surface area contributed by atoms with Gasteiger partial charge in [-0.1, -0.05) is 30.3 Å². The highest BCUT2D eigenvalue weighted by atomic mass is 16.3. The number of hydrogen-bond donors (Lipinski definition) is 0. The smallest absolute Gasteiger partial charge is 0.193 e. The van der Waals surface area contributed by atoms with Crippen molar-refractivity contribution in [3.63, 3.8) is 0 Å². The van der Waals surface area contributed by atoms with Gasteiger partial charge in [-0.3, -0.25) is 4.79 Å². The third-order valence-electron chi connectivity index (χ3n) is 3.30. The van der Waals surface area contributed by atoms with Gasteiger partial charge in [0.15, 0.2) is 5.43 Å². The van der Waals surface area contributed by atoms with E-state index in [1.165, 1.54) is 0 Å². The van der Waals surface area contributed by atoms with Crippen molar-refractivity contribution in [1.82, 2.24) is 0 Å². The molecule has 0 N–H and O–H groups in total. The first-order chi connectivity index (χ1) is 9.15. The molecular weight excluding hydrogens is 236 g/mol. The lowest BCUT2D eigenvalue weighted by molar-refractivity contribution is 0.618. The summed E-state index contributed by atoms with van der Waals surface area (Å²) in [5.74, 6) is 0.626. The number of hydrogen-bond acceptors (Lipinski definition) is 2. The summed E-state index contributed by atoms with van der Waals surface area (Å²) in [6, 6.07) is 15.1. The minimum absolute atomic E-state index is 0.000460. The summed E-state index contributed by atoms with van der Waals surface area (Å²) in [4.78, 5) is 12.1. The van der Waals surface area contributed by atoms with E-state index in [2.05, 4.69) is 0 Å². The van der Waals surface area contributed by atoms with Crippen LogP contribution < -0.4 is 5.43 Å². The van der Waals surface area contributed by atoms with E-state index in [0.717, 1.165) is 16.7 Å². The first-order valence-electron chi connectivity index (χ1n) is 6.26. The lowest BCUT2D eigenvalue weighted by Gasteiger charge is -2.06. The molecule has 0 atom stereocenters. The van der Waals surface area contributed by atoms with Crippen molar-refractivity contribution in [2.75, 3.05) is 0 Å². The van der Waals surface area contributed by atoms with Gasteiger partial charge in [-0.25, -0.2) is 0 Å². The Labute approximate surface area is 111 Å². The zero-order valence-electron chi connectivity index (χ0n) is 10.9. The van der Waals surface area contributed by atoms with Crippen molar-refractivity contribution in [2.24, 2.45) is 0 Å². The molecule has 2 aromatic carbocycles. The molecule has 0 unspecified atom stereocenters. The molecule has 3 rings (SSSR count). The van der Waals surface area contributed by atoms with E-state index in [4.69, 9.17) is 4.42 Å². The summed E-state index contributed by atoms with van der Waals surface area (Å²) in [7, 11) is 0. The van der Waals surface area contributed by atoms with Gasteiger partial charge in [0.05, 0.1) is 5.39 Å². The molecule has 0 bridgehead atoms. The fourth-order valence-electron chi connectivity index (χ4n) is 2.24. The molecule has 1 aromatic heterocycles. The Morgan fingerprint density at radius 2 is 1.74 bits per heavy atom. The summed E-state index contributed by atoms with van der Waals surface area (Å²) >= 11 is 0. The Balaban J connectivity index is 2.32. The highest BCUT2D eigenvalue weighted by molar-refractivity contribution is 5.79. The zero-order valence-corrected chi connectivity index (χ0v) is 10.9. The molecule has 0 saturated heterocycles. The van der Waals surface area contributed by atoms with E-state index < -0.39 is 0 Å². The summed E-state index contributed by atoms with van der Waals surface area (Å²) in [5, 5.41) is 0.628. The third kappa shape index (κ3) is 2.06. The molecule has 0 spiro atoms. The Kier molecular flexibility index (Phi) is 2.71. The van der Waals surface area contributed by atoms with Crippen LogP contribution in [0.2, 0.25) is 0 Å². The van der Waals surface area contributed by atoms with Crippen molar-refractivity contribution < 1.29 is 4.42 Å². The molecule has 3 aromatic rings. The van der Waals surface area contributed by atoms with Crippen LogP contribution in [0.25, 0.3) is 22.3 Å². The van der Waals surface area contributed by atoms with E-state index in [1.807, 2.05) is 56.3 Å². The molecular formula is C17H14O2. The quantitative estimate of drug-likeness (QED) is 0.651. The topological polar surface area (TPSA) is 30.2 Å². The maximum atomic E-state index is 12.1. The molecule has 0 radical (unpaired) electrons. The van der Waals surface area contributed by atoms with Gasteiger partial charge in [-0.2, -0.15) is 0 Å². The molecule has 2 nitrogen and oxygen atoms in total. The second-order valence-electron chi connectivity index (χ2n) is 4.79. The first-order valence-corrected chi connectivity index (χ1v) is 6.26. The average molecular weight is 250 g/mol. The van der Waals surface area contributed by atoms with Gasteiger partial charge in [0, 0.05) is 11.6 Å². The van der Waals surface area contributed by atoms with Gasteiger partial charge in [-0.15, -0.1) is 0 Å². The van der Waals surface area contributed by atoms with Gasteiger partial charge in [-0.05, 0) is 37.1 Å². The highest BCUT2D eigenvalue weighted by Gasteiger charge is 2.08. The van der Waals surface area contributed by atoms with Crippen LogP contribution in [-0.2, 0) is 0 Å². The van der Waals surface area contributed by atoms with Gasteiger partial charge in [0.2, 0.25) is 0 Å². The molecule has 0 saturated carbocycles. The lowest BCUT2D eigenvalue weighted by Crippen LogP contribution is -2.00. The largest absolute Gasteiger partial charge is 0.456 e. The SMILES string of the molecule is Cc1ccc2c(=O)cc(-c3ccccc3C)oc2c1. The van der Waals surface area contributed by atoms with Gasteiger partial charge in [0.25, 0.3) is 0 Å². The van der Waals surface area contributed by atoms with Crippen LogP contribution in [0.4, 0.5) is 0 Å². The minimum Gasteiger partial charge on any atom is -0.456 e. The van der Waals surface area contributed by atoms with E-state index >= 15 is 0 Å². The van der Waals surface area contributed by atoms with Crippen molar-refractivity contribution in [1.29, 1.82) is 0 Å². The van der Waals surface area contributed by atoms with E-state index in [-0.39, 0.29) is 5.43 Å². The number of benzene rings is 2. The van der Waals surface area contributed by atoms with Crippen LogP contribution in [0.1, 0.15) is 11.1 Å². The van der Waals surface area contributed by atoms with Crippen molar-refractivity contribution in [3.8, 4) is 11.3 Å². The molecule has 94 valence electrons. The fourth-order valence-corrected chi connectivity index (χ4v) is 2.24. The summed E-state index contributed by atoms with van der Waals surface area (Å²) in [5.41, 5.74) is 3.78. The third-order valence-corrected chi connectivity index (χ3v) is 3.30. The van der Waals surface area contributed by atoms with Gasteiger partial charge >= 0.3 is 0 Å². The minimum atomic E-state index is -0.000460. The number of aryl methyl sites for hydroxylation is 2. The Morgan fingerprint density at radius 3 is 2.53 bits per heavy atom. The number of fused-ring (bicyclic) bond motifs is 1. The van der Waals surface area contributed by atoms with Gasteiger partial charge in [0.1, 0.15) is 11.3 Å².